The Morgan fingerprint density at radius 2 is 1.33 bits per heavy atom. The van der Waals surface area contributed by atoms with Gasteiger partial charge in [0.25, 0.3) is 0 Å². The van der Waals surface area contributed by atoms with E-state index in [0.717, 1.165) is 29.9 Å². The Balaban J connectivity index is 1.57. The maximum Gasteiger partial charge on any atom is 0.333 e. The highest BCUT2D eigenvalue weighted by Gasteiger charge is 2.14. The molecule has 0 fully saturated rings. The van der Waals surface area contributed by atoms with Gasteiger partial charge in [0.2, 0.25) is 0 Å². The molecule has 0 amide bonds. The summed E-state index contributed by atoms with van der Waals surface area (Å²) in [5.41, 5.74) is 9.93. The first-order valence-electron chi connectivity index (χ1n) is 12.4. The van der Waals surface area contributed by atoms with Gasteiger partial charge in [-0.3, -0.25) is 0 Å². The molecule has 182 valence electrons. The molecule has 4 aromatic rings. The molecule has 3 nitrogen and oxygen atoms in total. The van der Waals surface area contributed by atoms with E-state index in [1.807, 2.05) is 6.07 Å². The second kappa shape index (κ2) is 11.5. The molecule has 0 saturated carbocycles. The third kappa shape index (κ3) is 6.11. The first-order valence-corrected chi connectivity index (χ1v) is 12.4. The first kappa shape index (κ1) is 25.0. The van der Waals surface area contributed by atoms with Gasteiger partial charge in [-0.15, -0.1) is 0 Å². The minimum atomic E-state index is -0.326. The highest BCUT2D eigenvalue weighted by Crippen LogP contribution is 2.36. The van der Waals surface area contributed by atoms with Crippen LogP contribution in [0.15, 0.2) is 109 Å². The number of esters is 1. The minimum Gasteiger partial charge on any atom is -0.462 e. The maximum absolute atomic E-state index is 11.6. The summed E-state index contributed by atoms with van der Waals surface area (Å²) >= 11 is 0. The molecule has 0 aliphatic rings. The van der Waals surface area contributed by atoms with Crippen LogP contribution >= 0.6 is 0 Å². The lowest BCUT2D eigenvalue weighted by molar-refractivity contribution is -0.139. The summed E-state index contributed by atoms with van der Waals surface area (Å²) in [5, 5.41) is 0. The summed E-state index contributed by atoms with van der Waals surface area (Å²) in [4.78, 5) is 13.9. The van der Waals surface area contributed by atoms with Crippen molar-refractivity contribution in [1.82, 2.24) is 0 Å². The standard InChI is InChI=1S/C33H33NO2/c1-24(2)33(35)36-22-8-9-27-13-18-30(19-14-27)34(32-17-12-25(3)26(4)23-32)31-20-15-29(16-21-31)28-10-6-5-7-11-28/h5-7,10-21,23H,1,8-9,22H2,2-4H3. The van der Waals surface area contributed by atoms with Gasteiger partial charge >= 0.3 is 5.97 Å². The summed E-state index contributed by atoms with van der Waals surface area (Å²) in [6, 6.07) is 34.4. The van der Waals surface area contributed by atoms with Crippen molar-refractivity contribution in [2.45, 2.75) is 33.6 Å². The monoisotopic (exact) mass is 475 g/mol. The van der Waals surface area contributed by atoms with E-state index in [-0.39, 0.29) is 5.97 Å². The summed E-state index contributed by atoms with van der Waals surface area (Å²) in [7, 11) is 0. The second-order valence-electron chi connectivity index (χ2n) is 9.20. The molecule has 0 spiro atoms. The van der Waals surface area contributed by atoms with Crippen molar-refractivity contribution in [3.8, 4) is 11.1 Å². The third-order valence-electron chi connectivity index (χ3n) is 6.37. The van der Waals surface area contributed by atoms with Crippen molar-refractivity contribution in [3.05, 3.63) is 126 Å². The van der Waals surface area contributed by atoms with Gasteiger partial charge in [0.1, 0.15) is 0 Å². The summed E-state index contributed by atoms with van der Waals surface area (Å²) < 4.78 is 5.22. The molecule has 0 atom stereocenters. The number of hydrogen-bond acceptors (Lipinski definition) is 3. The Morgan fingerprint density at radius 3 is 1.94 bits per heavy atom. The fourth-order valence-corrected chi connectivity index (χ4v) is 4.12. The third-order valence-corrected chi connectivity index (χ3v) is 6.37. The zero-order valence-corrected chi connectivity index (χ0v) is 21.3. The largest absolute Gasteiger partial charge is 0.462 e. The number of hydrogen-bond donors (Lipinski definition) is 0. The number of nitrogens with zero attached hydrogens (tertiary/aromatic N) is 1. The topological polar surface area (TPSA) is 29.5 Å². The van der Waals surface area contributed by atoms with Crippen molar-refractivity contribution in [3.63, 3.8) is 0 Å². The Hall–Kier alpha value is -4.11. The molecule has 0 radical (unpaired) electrons. The van der Waals surface area contributed by atoms with Crippen LogP contribution in [0, 0.1) is 13.8 Å². The molecule has 4 rings (SSSR count). The molecule has 36 heavy (non-hydrogen) atoms. The number of aryl methyl sites for hydroxylation is 3. The zero-order chi connectivity index (χ0) is 25.5. The predicted octanol–water partition coefficient (Wildman–Crippen LogP) is 8.49. The predicted molar refractivity (Wildman–Crippen MR) is 150 cm³/mol. The van der Waals surface area contributed by atoms with Crippen LogP contribution in [-0.4, -0.2) is 12.6 Å². The van der Waals surface area contributed by atoms with Crippen molar-refractivity contribution in [2.75, 3.05) is 11.5 Å². The molecule has 0 saturated heterocycles. The van der Waals surface area contributed by atoms with E-state index >= 15 is 0 Å². The Labute approximate surface area is 214 Å². The lowest BCUT2D eigenvalue weighted by atomic mass is 10.0. The van der Waals surface area contributed by atoms with Crippen LogP contribution in [0.2, 0.25) is 0 Å². The van der Waals surface area contributed by atoms with Crippen molar-refractivity contribution < 1.29 is 9.53 Å². The molecular weight excluding hydrogens is 442 g/mol. The van der Waals surface area contributed by atoms with Gasteiger partial charge in [-0.1, -0.05) is 67.2 Å². The number of benzene rings is 4. The van der Waals surface area contributed by atoms with E-state index in [4.69, 9.17) is 4.74 Å². The van der Waals surface area contributed by atoms with Gasteiger partial charge in [0.05, 0.1) is 6.61 Å². The van der Waals surface area contributed by atoms with Crippen LogP contribution in [0.5, 0.6) is 0 Å². The average Bonchev–Trinajstić information content (AvgIpc) is 2.90. The molecule has 0 bridgehead atoms. The quantitative estimate of drug-likeness (QED) is 0.138. The fraction of sp³-hybridized carbons (Fsp3) is 0.182. The lowest BCUT2D eigenvalue weighted by Crippen LogP contribution is -2.10. The SMILES string of the molecule is C=C(C)C(=O)OCCCc1ccc(N(c2ccc(-c3ccccc3)cc2)c2ccc(C)c(C)c2)cc1. The smallest absolute Gasteiger partial charge is 0.333 e. The average molecular weight is 476 g/mol. The first-order chi connectivity index (χ1) is 17.4. The molecule has 0 N–H and O–H groups in total. The summed E-state index contributed by atoms with van der Waals surface area (Å²) in [6.45, 7) is 9.97. The number of carbonyl (C=O) groups excluding carboxylic acids is 1. The normalized spacial score (nSPS) is 10.6. The van der Waals surface area contributed by atoms with Crippen molar-refractivity contribution >= 4 is 23.0 Å². The number of ether oxygens (including phenoxy) is 1. The van der Waals surface area contributed by atoms with Crippen LogP contribution in [-0.2, 0) is 16.0 Å². The number of rotatable bonds is 9. The van der Waals surface area contributed by atoms with Gasteiger partial charge in [-0.05, 0) is 97.8 Å². The molecule has 0 heterocycles. The van der Waals surface area contributed by atoms with Crippen LogP contribution in [0.3, 0.4) is 0 Å². The highest BCUT2D eigenvalue weighted by molar-refractivity contribution is 5.86. The van der Waals surface area contributed by atoms with E-state index in [0.29, 0.717) is 12.2 Å². The maximum atomic E-state index is 11.6. The highest BCUT2D eigenvalue weighted by atomic mass is 16.5. The zero-order valence-electron chi connectivity index (χ0n) is 21.3. The van der Waals surface area contributed by atoms with Crippen LogP contribution < -0.4 is 4.90 Å². The van der Waals surface area contributed by atoms with Crippen molar-refractivity contribution in [2.24, 2.45) is 0 Å². The van der Waals surface area contributed by atoms with Gasteiger partial charge in [0.15, 0.2) is 0 Å². The second-order valence-corrected chi connectivity index (χ2v) is 9.20. The van der Waals surface area contributed by atoms with Crippen LogP contribution in [0.1, 0.15) is 30.0 Å². The molecule has 4 aromatic carbocycles. The lowest BCUT2D eigenvalue weighted by Gasteiger charge is -2.26. The number of anilines is 3. The fourth-order valence-electron chi connectivity index (χ4n) is 4.12. The van der Waals surface area contributed by atoms with Gasteiger partial charge in [0, 0.05) is 22.6 Å². The van der Waals surface area contributed by atoms with Crippen molar-refractivity contribution in [1.29, 1.82) is 0 Å². The molecule has 3 heteroatoms. The summed E-state index contributed by atoms with van der Waals surface area (Å²) in [6.07, 6.45) is 1.62. The van der Waals surface area contributed by atoms with Gasteiger partial charge < -0.3 is 9.64 Å². The summed E-state index contributed by atoms with van der Waals surface area (Å²) in [5.74, 6) is -0.326. The van der Waals surface area contributed by atoms with E-state index in [1.54, 1.807) is 6.92 Å². The molecule has 0 unspecified atom stereocenters. The van der Waals surface area contributed by atoms with Gasteiger partial charge in [-0.2, -0.15) is 0 Å². The van der Waals surface area contributed by atoms with E-state index in [2.05, 4.69) is 116 Å². The minimum absolute atomic E-state index is 0.326. The van der Waals surface area contributed by atoms with E-state index in [1.165, 1.54) is 27.8 Å². The Kier molecular flexibility index (Phi) is 8.02. The van der Waals surface area contributed by atoms with Gasteiger partial charge in [-0.25, -0.2) is 4.79 Å². The molecule has 0 aliphatic heterocycles. The Morgan fingerprint density at radius 1 is 0.750 bits per heavy atom. The van der Waals surface area contributed by atoms with E-state index < -0.39 is 0 Å². The Bertz CT molecular complexity index is 1320. The number of carbonyl (C=O) groups is 1. The van der Waals surface area contributed by atoms with E-state index in [9.17, 15) is 4.79 Å². The molecule has 0 aromatic heterocycles. The van der Waals surface area contributed by atoms with Crippen LogP contribution in [0.25, 0.3) is 11.1 Å². The molecule has 0 aliphatic carbocycles. The molecular formula is C33H33NO2. The van der Waals surface area contributed by atoms with Crippen LogP contribution in [0.4, 0.5) is 17.1 Å².